The lowest BCUT2D eigenvalue weighted by Gasteiger charge is -2.30. The minimum Gasteiger partial charge on any atom is -0.486 e. The second kappa shape index (κ2) is 7.87. The van der Waals surface area contributed by atoms with Crippen LogP contribution in [0.2, 0.25) is 0 Å². The van der Waals surface area contributed by atoms with Crippen molar-refractivity contribution in [2.24, 2.45) is 0 Å². The van der Waals surface area contributed by atoms with Gasteiger partial charge >= 0.3 is 0 Å². The maximum atomic E-state index is 12.6. The number of fused-ring (bicyclic) bond motifs is 1. The van der Waals surface area contributed by atoms with Crippen LogP contribution in [0.25, 0.3) is 0 Å². The smallest absolute Gasteiger partial charge is 0.243 e. The summed E-state index contributed by atoms with van der Waals surface area (Å²) in [5.74, 6) is 0.880. The molecule has 0 fully saturated rings. The van der Waals surface area contributed by atoms with Crippen molar-refractivity contribution in [3.63, 3.8) is 0 Å². The highest BCUT2D eigenvalue weighted by molar-refractivity contribution is 7.92. The van der Waals surface area contributed by atoms with Gasteiger partial charge in [-0.1, -0.05) is 30.3 Å². The quantitative estimate of drug-likeness (QED) is 0.813. The van der Waals surface area contributed by atoms with Gasteiger partial charge in [-0.15, -0.1) is 0 Å². The van der Waals surface area contributed by atoms with Crippen LogP contribution in [0.5, 0.6) is 11.5 Å². The van der Waals surface area contributed by atoms with E-state index in [2.05, 4.69) is 5.32 Å². The minimum absolute atomic E-state index is 0.212. The first-order valence-corrected chi connectivity index (χ1v) is 10.4. The lowest BCUT2D eigenvalue weighted by Crippen LogP contribution is -2.50. The van der Waals surface area contributed by atoms with E-state index >= 15 is 0 Å². The lowest BCUT2D eigenvalue weighted by atomic mass is 10.2. The average Bonchev–Trinajstić information content (AvgIpc) is 2.65. The summed E-state index contributed by atoms with van der Waals surface area (Å²) in [6, 6.07) is 14.9. The molecule has 0 saturated carbocycles. The first-order valence-electron chi connectivity index (χ1n) is 8.57. The van der Waals surface area contributed by atoms with Crippen LogP contribution in [0.15, 0.2) is 54.6 Å². The Hall–Kier alpha value is -2.74. The van der Waals surface area contributed by atoms with Crippen molar-refractivity contribution in [2.45, 2.75) is 19.1 Å². The molecule has 0 saturated heterocycles. The molecule has 1 amide bonds. The topological polar surface area (TPSA) is 84.9 Å². The van der Waals surface area contributed by atoms with E-state index in [1.807, 2.05) is 18.2 Å². The van der Waals surface area contributed by atoms with E-state index in [9.17, 15) is 13.2 Å². The molecule has 7 nitrogen and oxygen atoms in total. The third kappa shape index (κ3) is 4.51. The largest absolute Gasteiger partial charge is 0.486 e. The van der Waals surface area contributed by atoms with Gasteiger partial charge < -0.3 is 14.8 Å². The molecule has 144 valence electrons. The number of benzene rings is 2. The van der Waals surface area contributed by atoms with E-state index in [0.29, 0.717) is 23.8 Å². The molecule has 2 atom stereocenters. The van der Waals surface area contributed by atoms with Crippen molar-refractivity contribution in [2.75, 3.05) is 23.7 Å². The molecule has 0 bridgehead atoms. The van der Waals surface area contributed by atoms with Crippen molar-refractivity contribution in [1.82, 2.24) is 5.32 Å². The number of hydrogen-bond acceptors (Lipinski definition) is 5. The fraction of sp³-hybridized carbons (Fsp3) is 0.316. The van der Waals surface area contributed by atoms with Gasteiger partial charge in [0.15, 0.2) is 11.5 Å². The third-order valence-electron chi connectivity index (χ3n) is 4.17. The number of sulfonamides is 1. The number of nitrogens with zero attached hydrogens (tertiary/aromatic N) is 1. The van der Waals surface area contributed by atoms with Crippen LogP contribution < -0.4 is 19.1 Å². The molecular formula is C19H22N2O5S. The van der Waals surface area contributed by atoms with Gasteiger partial charge in [-0.2, -0.15) is 0 Å². The van der Waals surface area contributed by atoms with E-state index < -0.39 is 22.0 Å². The van der Waals surface area contributed by atoms with Crippen molar-refractivity contribution in [3.05, 3.63) is 54.6 Å². The predicted molar refractivity (Wildman–Crippen MR) is 103 cm³/mol. The minimum atomic E-state index is -3.63. The molecule has 2 aromatic rings. The zero-order chi connectivity index (χ0) is 19.4. The van der Waals surface area contributed by atoms with Crippen molar-refractivity contribution < 1.29 is 22.7 Å². The number of ether oxygens (including phenoxy) is 2. The SMILES string of the molecule is C[C@H](C(=O)NC[C@@H]1COc2ccccc2O1)N(c1ccccc1)S(C)(=O)=O. The Kier molecular flexibility index (Phi) is 5.55. The van der Waals surface area contributed by atoms with Crippen LogP contribution in [0.3, 0.4) is 0 Å². The monoisotopic (exact) mass is 390 g/mol. The van der Waals surface area contributed by atoms with E-state index in [0.717, 1.165) is 10.6 Å². The molecule has 1 aliphatic heterocycles. The summed E-state index contributed by atoms with van der Waals surface area (Å²) in [7, 11) is -3.63. The Labute approximate surface area is 158 Å². The summed E-state index contributed by atoms with van der Waals surface area (Å²) < 4.78 is 37.0. The predicted octanol–water partition coefficient (Wildman–Crippen LogP) is 1.80. The normalized spacial score (nSPS) is 17.0. The van der Waals surface area contributed by atoms with Gasteiger partial charge in [0, 0.05) is 0 Å². The van der Waals surface area contributed by atoms with Gasteiger partial charge in [-0.25, -0.2) is 8.42 Å². The second-order valence-electron chi connectivity index (χ2n) is 6.31. The maximum absolute atomic E-state index is 12.6. The number of rotatable bonds is 6. The molecule has 1 heterocycles. The van der Waals surface area contributed by atoms with Crippen molar-refractivity contribution in [3.8, 4) is 11.5 Å². The van der Waals surface area contributed by atoms with Gasteiger partial charge in [0.2, 0.25) is 15.9 Å². The highest BCUT2D eigenvalue weighted by Gasteiger charge is 2.30. The molecule has 3 rings (SSSR count). The summed E-state index contributed by atoms with van der Waals surface area (Å²) in [6.45, 7) is 2.07. The molecular weight excluding hydrogens is 368 g/mol. The molecule has 8 heteroatoms. The molecule has 0 spiro atoms. The number of nitrogens with one attached hydrogen (secondary N) is 1. The third-order valence-corrected chi connectivity index (χ3v) is 5.41. The van der Waals surface area contributed by atoms with Crippen molar-refractivity contribution in [1.29, 1.82) is 0 Å². The molecule has 0 radical (unpaired) electrons. The van der Waals surface area contributed by atoms with Crippen LogP contribution in [-0.4, -0.2) is 45.9 Å². The molecule has 0 unspecified atom stereocenters. The number of hydrogen-bond donors (Lipinski definition) is 1. The van der Waals surface area contributed by atoms with Crippen molar-refractivity contribution >= 4 is 21.6 Å². The zero-order valence-corrected chi connectivity index (χ0v) is 16.0. The van der Waals surface area contributed by atoms with Crippen LogP contribution >= 0.6 is 0 Å². The van der Waals surface area contributed by atoms with Crippen LogP contribution in [0.4, 0.5) is 5.69 Å². The highest BCUT2D eigenvalue weighted by atomic mass is 32.2. The molecule has 1 N–H and O–H groups in total. The number of para-hydroxylation sites is 3. The van der Waals surface area contributed by atoms with Gasteiger partial charge in [-0.3, -0.25) is 9.10 Å². The first-order chi connectivity index (χ1) is 12.9. The van der Waals surface area contributed by atoms with Gasteiger partial charge in [-0.05, 0) is 31.2 Å². The fourth-order valence-corrected chi connectivity index (χ4v) is 4.08. The molecule has 0 aliphatic carbocycles. The molecule has 2 aromatic carbocycles. The Morgan fingerprint density at radius 3 is 2.44 bits per heavy atom. The zero-order valence-electron chi connectivity index (χ0n) is 15.2. The van der Waals surface area contributed by atoms with E-state index in [1.165, 1.54) is 0 Å². The van der Waals surface area contributed by atoms with Gasteiger partial charge in [0.05, 0.1) is 18.5 Å². The summed E-state index contributed by atoms with van der Waals surface area (Å²) in [5.41, 5.74) is 0.439. The van der Waals surface area contributed by atoms with Crippen LogP contribution in [0, 0.1) is 0 Å². The Bertz CT molecular complexity index is 901. The molecule has 0 aromatic heterocycles. The Morgan fingerprint density at radius 2 is 1.78 bits per heavy atom. The fourth-order valence-electron chi connectivity index (χ4n) is 2.91. The second-order valence-corrected chi connectivity index (χ2v) is 8.17. The van der Waals surface area contributed by atoms with Gasteiger partial charge in [0.1, 0.15) is 18.8 Å². The van der Waals surface area contributed by atoms with Crippen LogP contribution in [-0.2, 0) is 14.8 Å². The highest BCUT2D eigenvalue weighted by Crippen LogP contribution is 2.30. The number of amides is 1. The summed E-state index contributed by atoms with van der Waals surface area (Å²) >= 11 is 0. The Morgan fingerprint density at radius 1 is 1.15 bits per heavy atom. The first kappa shape index (κ1) is 19.0. The van der Waals surface area contributed by atoms with E-state index in [-0.39, 0.29) is 12.6 Å². The maximum Gasteiger partial charge on any atom is 0.243 e. The number of carbonyl (C=O) groups is 1. The molecule has 1 aliphatic rings. The summed E-state index contributed by atoms with van der Waals surface area (Å²) in [6.07, 6.45) is 0.734. The Balaban J connectivity index is 1.65. The van der Waals surface area contributed by atoms with Crippen LogP contribution in [0.1, 0.15) is 6.92 Å². The lowest BCUT2D eigenvalue weighted by molar-refractivity contribution is -0.122. The van der Waals surface area contributed by atoms with E-state index in [1.54, 1.807) is 43.3 Å². The standard InChI is InChI=1S/C19H22N2O5S/c1-14(21(27(2,23)24)15-8-4-3-5-9-15)19(22)20-12-16-13-25-17-10-6-7-11-18(17)26-16/h3-11,14,16H,12-13H2,1-2H3,(H,20,22)/t14-,16-/m1/s1. The van der Waals surface area contributed by atoms with Gasteiger partial charge in [0.25, 0.3) is 0 Å². The molecule has 27 heavy (non-hydrogen) atoms. The summed E-state index contributed by atoms with van der Waals surface area (Å²) in [5, 5.41) is 2.76. The average molecular weight is 390 g/mol. The van der Waals surface area contributed by atoms with E-state index in [4.69, 9.17) is 9.47 Å². The summed E-state index contributed by atoms with van der Waals surface area (Å²) in [4.78, 5) is 12.6. The number of carbonyl (C=O) groups excluding carboxylic acids is 1. The number of anilines is 1.